The molecule has 0 saturated carbocycles. The second-order valence-electron chi connectivity index (χ2n) is 2.82. The van der Waals surface area contributed by atoms with Crippen molar-refractivity contribution in [1.29, 1.82) is 0 Å². The van der Waals surface area contributed by atoms with Gasteiger partial charge in [-0.25, -0.2) is 9.59 Å². The molecule has 0 amide bonds. The van der Waals surface area contributed by atoms with Crippen molar-refractivity contribution in [1.82, 2.24) is 0 Å². The molecule has 0 aliphatic heterocycles. The molecular formula is C11H10CuO3. The molecule has 1 aromatic carbocycles. The fourth-order valence-electron chi connectivity index (χ4n) is 0.804. The Bertz CT molecular complexity index is 371. The summed E-state index contributed by atoms with van der Waals surface area (Å²) in [5, 5.41) is 0. The molecule has 0 bridgehead atoms. The molecule has 0 aliphatic rings. The number of hydrogen-bond donors (Lipinski definition) is 0. The van der Waals surface area contributed by atoms with E-state index in [1.807, 2.05) is 0 Å². The van der Waals surface area contributed by atoms with Crippen LogP contribution in [-0.2, 0) is 26.6 Å². The quantitative estimate of drug-likeness (QED) is 0.350. The van der Waals surface area contributed by atoms with Gasteiger partial charge < -0.3 is 4.74 Å². The molecule has 0 aromatic heterocycles. The van der Waals surface area contributed by atoms with Crippen LogP contribution in [0.4, 0.5) is 0 Å². The van der Waals surface area contributed by atoms with E-state index in [-0.39, 0.29) is 22.6 Å². The van der Waals surface area contributed by atoms with E-state index in [2.05, 4.69) is 11.3 Å². The van der Waals surface area contributed by atoms with Gasteiger partial charge >= 0.3 is 11.9 Å². The summed E-state index contributed by atoms with van der Waals surface area (Å²) in [7, 11) is 0. The van der Waals surface area contributed by atoms with E-state index in [1.54, 1.807) is 30.3 Å². The van der Waals surface area contributed by atoms with Gasteiger partial charge in [-0.15, -0.1) is 0 Å². The Hall–Kier alpha value is -1.38. The van der Waals surface area contributed by atoms with Crippen molar-refractivity contribution >= 4 is 11.9 Å². The van der Waals surface area contributed by atoms with Gasteiger partial charge in [0.25, 0.3) is 0 Å². The molecule has 4 heteroatoms. The van der Waals surface area contributed by atoms with E-state index in [0.29, 0.717) is 5.56 Å². The summed E-state index contributed by atoms with van der Waals surface area (Å²) in [6.07, 6.45) is 0. The maximum atomic E-state index is 11.3. The topological polar surface area (TPSA) is 43.4 Å². The molecule has 0 unspecified atom stereocenters. The van der Waals surface area contributed by atoms with Crippen LogP contribution in [0.3, 0.4) is 0 Å². The third-order valence-electron chi connectivity index (χ3n) is 1.54. The smallest absolute Gasteiger partial charge is 0.346 e. The van der Waals surface area contributed by atoms with Crippen LogP contribution in [0.15, 0.2) is 42.5 Å². The average Bonchev–Trinajstić information content (AvgIpc) is 2.19. The standard InChI is InChI=1S/C11H10O3.Cu/c1-8(2)10(12)14-11(13)9-6-4-3-5-7-9;/h3-7H,1H2,2H3;. The zero-order valence-corrected chi connectivity index (χ0v) is 9.06. The molecule has 0 fully saturated rings. The number of carbonyl (C=O) groups is 2. The Balaban J connectivity index is 0.00000196. The summed E-state index contributed by atoms with van der Waals surface area (Å²) < 4.78 is 4.52. The van der Waals surface area contributed by atoms with Gasteiger partial charge in [0.05, 0.1) is 5.56 Å². The van der Waals surface area contributed by atoms with Crippen LogP contribution in [0.2, 0.25) is 0 Å². The Morgan fingerprint density at radius 1 is 1.20 bits per heavy atom. The summed E-state index contributed by atoms with van der Waals surface area (Å²) in [5.41, 5.74) is 0.552. The Kier molecular flexibility index (Phi) is 5.60. The minimum atomic E-state index is -0.696. The van der Waals surface area contributed by atoms with Crippen molar-refractivity contribution in [2.75, 3.05) is 0 Å². The van der Waals surface area contributed by atoms with Gasteiger partial charge in [-0.05, 0) is 19.1 Å². The minimum absolute atomic E-state index is 0. The first kappa shape index (κ1) is 13.6. The van der Waals surface area contributed by atoms with Gasteiger partial charge in [0, 0.05) is 22.6 Å². The van der Waals surface area contributed by atoms with E-state index < -0.39 is 11.9 Å². The number of rotatable bonds is 2. The van der Waals surface area contributed by atoms with E-state index in [9.17, 15) is 9.59 Å². The van der Waals surface area contributed by atoms with Crippen LogP contribution in [0.1, 0.15) is 17.3 Å². The second kappa shape index (κ2) is 6.17. The van der Waals surface area contributed by atoms with E-state index in [4.69, 9.17) is 0 Å². The molecule has 0 saturated heterocycles. The van der Waals surface area contributed by atoms with E-state index in [0.717, 1.165) is 0 Å². The van der Waals surface area contributed by atoms with Gasteiger partial charge in [0.15, 0.2) is 0 Å². The zero-order chi connectivity index (χ0) is 10.6. The predicted octanol–water partition coefficient (Wildman–Crippen LogP) is 1.94. The average molecular weight is 254 g/mol. The predicted molar refractivity (Wildman–Crippen MR) is 51.7 cm³/mol. The van der Waals surface area contributed by atoms with Crippen molar-refractivity contribution in [3.63, 3.8) is 0 Å². The second-order valence-corrected chi connectivity index (χ2v) is 2.82. The monoisotopic (exact) mass is 253 g/mol. The van der Waals surface area contributed by atoms with Gasteiger partial charge in [0.2, 0.25) is 0 Å². The Morgan fingerprint density at radius 2 is 1.73 bits per heavy atom. The van der Waals surface area contributed by atoms with Crippen molar-refractivity contribution in [2.24, 2.45) is 0 Å². The third kappa shape index (κ3) is 4.10. The zero-order valence-electron chi connectivity index (χ0n) is 8.12. The molecule has 1 aromatic rings. The van der Waals surface area contributed by atoms with Crippen molar-refractivity contribution < 1.29 is 31.4 Å². The van der Waals surface area contributed by atoms with Gasteiger partial charge in [-0.2, -0.15) is 0 Å². The normalized spacial score (nSPS) is 8.60. The van der Waals surface area contributed by atoms with Gasteiger partial charge in [-0.1, -0.05) is 24.8 Å². The van der Waals surface area contributed by atoms with Gasteiger partial charge in [-0.3, -0.25) is 0 Å². The van der Waals surface area contributed by atoms with Gasteiger partial charge in [0.1, 0.15) is 0 Å². The molecule has 0 heterocycles. The van der Waals surface area contributed by atoms with Crippen LogP contribution in [0, 0.1) is 0 Å². The summed E-state index contributed by atoms with van der Waals surface area (Å²) in [6.45, 7) is 4.86. The molecule has 0 atom stereocenters. The summed E-state index contributed by atoms with van der Waals surface area (Å²) in [4.78, 5) is 22.3. The fraction of sp³-hybridized carbons (Fsp3) is 0.0909. The van der Waals surface area contributed by atoms with Crippen LogP contribution in [0.5, 0.6) is 0 Å². The molecular weight excluding hydrogens is 244 g/mol. The molecule has 83 valence electrons. The first-order valence-electron chi connectivity index (χ1n) is 4.08. The number of carbonyl (C=O) groups excluding carboxylic acids is 2. The molecule has 0 spiro atoms. The van der Waals surface area contributed by atoms with Crippen molar-refractivity contribution in [3.8, 4) is 0 Å². The number of ether oxygens (including phenoxy) is 1. The molecule has 0 aliphatic carbocycles. The van der Waals surface area contributed by atoms with Crippen LogP contribution in [-0.4, -0.2) is 11.9 Å². The Labute approximate surface area is 98.6 Å². The van der Waals surface area contributed by atoms with Crippen molar-refractivity contribution in [2.45, 2.75) is 6.92 Å². The third-order valence-corrected chi connectivity index (χ3v) is 1.54. The van der Waals surface area contributed by atoms with Crippen LogP contribution < -0.4 is 0 Å². The number of hydrogen-bond acceptors (Lipinski definition) is 3. The van der Waals surface area contributed by atoms with Crippen molar-refractivity contribution in [3.05, 3.63) is 48.0 Å². The SMILES string of the molecule is C=C(C)C(=O)OC(=O)c1ccccc1.[Cu]. The van der Waals surface area contributed by atoms with E-state index >= 15 is 0 Å². The molecule has 0 N–H and O–H groups in total. The molecule has 1 rings (SSSR count). The molecule has 1 radical (unpaired) electrons. The van der Waals surface area contributed by atoms with Crippen LogP contribution >= 0.6 is 0 Å². The maximum Gasteiger partial charge on any atom is 0.346 e. The minimum Gasteiger partial charge on any atom is -0.386 e. The maximum absolute atomic E-state index is 11.3. The first-order valence-corrected chi connectivity index (χ1v) is 4.08. The first-order chi connectivity index (χ1) is 6.61. The van der Waals surface area contributed by atoms with E-state index in [1.165, 1.54) is 6.92 Å². The Morgan fingerprint density at radius 3 is 2.20 bits per heavy atom. The largest absolute Gasteiger partial charge is 0.386 e. The molecule has 3 nitrogen and oxygen atoms in total. The number of benzene rings is 1. The molecule has 15 heavy (non-hydrogen) atoms. The fourth-order valence-corrected chi connectivity index (χ4v) is 0.804. The summed E-state index contributed by atoms with van der Waals surface area (Å²) in [5.74, 6) is -1.35. The van der Waals surface area contributed by atoms with Crippen LogP contribution in [0.25, 0.3) is 0 Å². The summed E-state index contributed by atoms with van der Waals surface area (Å²) in [6, 6.07) is 8.32. The number of esters is 2. The summed E-state index contributed by atoms with van der Waals surface area (Å²) >= 11 is 0.